The number of carbonyl (C=O) groups is 1. The summed E-state index contributed by atoms with van der Waals surface area (Å²) in [6, 6.07) is 26.7. The molecule has 1 fully saturated rings. The fourth-order valence-corrected chi connectivity index (χ4v) is 5.01. The van der Waals surface area contributed by atoms with Crippen LogP contribution >= 0.6 is 0 Å². The summed E-state index contributed by atoms with van der Waals surface area (Å²) in [6.45, 7) is 2.23. The largest absolute Gasteiger partial charge is 0.497 e. The van der Waals surface area contributed by atoms with Gasteiger partial charge in [0.1, 0.15) is 5.75 Å². The summed E-state index contributed by atoms with van der Waals surface area (Å²) in [6.07, 6.45) is 0.541. The number of piperidine rings is 1. The zero-order valence-corrected chi connectivity index (χ0v) is 21.1. The highest BCUT2D eigenvalue weighted by atomic mass is 16.5. The lowest BCUT2D eigenvalue weighted by molar-refractivity contribution is -0.0367. The van der Waals surface area contributed by atoms with Crippen molar-refractivity contribution in [3.05, 3.63) is 102 Å². The maximum absolute atomic E-state index is 13.0. The molecule has 0 radical (unpaired) electrons. The van der Waals surface area contributed by atoms with Gasteiger partial charge in [0, 0.05) is 44.7 Å². The Balaban J connectivity index is 1.45. The second kappa shape index (κ2) is 11.7. The third-order valence-corrected chi connectivity index (χ3v) is 7.29. The van der Waals surface area contributed by atoms with E-state index in [1.54, 1.807) is 31.2 Å². The summed E-state index contributed by atoms with van der Waals surface area (Å²) in [7, 11) is 3.40. The molecular formula is C30H36N2O4. The minimum atomic E-state index is -0.833. The average Bonchev–Trinajstić information content (AvgIpc) is 2.93. The lowest BCUT2D eigenvalue weighted by atomic mass is 9.84. The van der Waals surface area contributed by atoms with Crippen LogP contribution in [0, 0.1) is 0 Å². The topological polar surface area (TPSA) is 73.2 Å². The number of rotatable bonds is 9. The van der Waals surface area contributed by atoms with E-state index in [1.165, 1.54) is 0 Å². The molecule has 1 aliphatic rings. The van der Waals surface area contributed by atoms with E-state index >= 15 is 0 Å². The van der Waals surface area contributed by atoms with Crippen LogP contribution in [0.2, 0.25) is 0 Å². The summed E-state index contributed by atoms with van der Waals surface area (Å²) in [5, 5.41) is 22.6. The molecule has 1 saturated heterocycles. The number of likely N-dealkylation sites (tertiary alicyclic amines) is 1. The number of aliphatic hydroxyl groups excluding tert-OH is 1. The summed E-state index contributed by atoms with van der Waals surface area (Å²) in [5.74, 6) is 0.396. The smallest absolute Gasteiger partial charge is 0.253 e. The minimum Gasteiger partial charge on any atom is -0.497 e. The Morgan fingerprint density at radius 1 is 0.972 bits per heavy atom. The van der Waals surface area contributed by atoms with Crippen molar-refractivity contribution in [3.63, 3.8) is 0 Å². The zero-order valence-electron chi connectivity index (χ0n) is 21.1. The van der Waals surface area contributed by atoms with Gasteiger partial charge in [0.25, 0.3) is 5.91 Å². The normalized spacial score (nSPS) is 17.2. The van der Waals surface area contributed by atoms with E-state index in [1.807, 2.05) is 72.8 Å². The molecule has 6 heteroatoms. The first-order valence-corrected chi connectivity index (χ1v) is 12.5. The molecule has 0 saturated carbocycles. The number of hydrogen-bond acceptors (Lipinski definition) is 5. The molecule has 3 aromatic rings. The standard InChI is InChI=1S/C30H36N2O4/c1-31(29(34)24-9-5-3-6-10-24)21-27(23-13-15-26(36-2)16-14-23)28(33)22-32-19-17-30(35,18-20-32)25-11-7-4-8-12-25/h3-16,27-28,33,35H,17-22H2,1-2H3. The quantitative estimate of drug-likeness (QED) is 0.478. The highest BCUT2D eigenvalue weighted by Gasteiger charge is 2.35. The van der Waals surface area contributed by atoms with Gasteiger partial charge in [-0.15, -0.1) is 0 Å². The first-order valence-electron chi connectivity index (χ1n) is 12.5. The van der Waals surface area contributed by atoms with E-state index < -0.39 is 11.7 Å². The molecule has 2 unspecified atom stereocenters. The summed E-state index contributed by atoms with van der Waals surface area (Å²) in [5.41, 5.74) is 1.69. The maximum atomic E-state index is 13.0. The lowest BCUT2D eigenvalue weighted by Crippen LogP contribution is -2.47. The maximum Gasteiger partial charge on any atom is 0.253 e. The molecule has 4 rings (SSSR count). The number of β-amino-alcohol motifs (C(OH)–C–C–N with tert-alkyl or cyclic N) is 1. The van der Waals surface area contributed by atoms with E-state index in [4.69, 9.17) is 4.74 Å². The molecule has 190 valence electrons. The van der Waals surface area contributed by atoms with Gasteiger partial charge in [-0.25, -0.2) is 0 Å². The second-order valence-corrected chi connectivity index (χ2v) is 9.70. The van der Waals surface area contributed by atoms with E-state index in [0.29, 0.717) is 44.6 Å². The fourth-order valence-electron chi connectivity index (χ4n) is 5.01. The Hall–Kier alpha value is -3.19. The zero-order chi connectivity index (χ0) is 25.5. The molecule has 2 atom stereocenters. The summed E-state index contributed by atoms with van der Waals surface area (Å²) >= 11 is 0. The van der Waals surface area contributed by atoms with Crippen molar-refractivity contribution in [2.45, 2.75) is 30.5 Å². The van der Waals surface area contributed by atoms with Gasteiger partial charge >= 0.3 is 0 Å². The minimum absolute atomic E-state index is 0.0767. The van der Waals surface area contributed by atoms with Crippen LogP contribution in [-0.2, 0) is 5.60 Å². The number of benzene rings is 3. The van der Waals surface area contributed by atoms with E-state index in [-0.39, 0.29) is 11.8 Å². The molecule has 1 aliphatic heterocycles. The number of carbonyl (C=O) groups excluding carboxylic acids is 1. The predicted octanol–water partition coefficient (Wildman–Crippen LogP) is 3.90. The molecule has 0 spiro atoms. The van der Waals surface area contributed by atoms with Crippen molar-refractivity contribution in [2.24, 2.45) is 0 Å². The number of methoxy groups -OCH3 is 1. The van der Waals surface area contributed by atoms with Gasteiger partial charge in [-0.05, 0) is 48.2 Å². The van der Waals surface area contributed by atoms with Crippen LogP contribution in [0.25, 0.3) is 0 Å². The molecule has 1 heterocycles. The molecule has 36 heavy (non-hydrogen) atoms. The van der Waals surface area contributed by atoms with Gasteiger partial charge in [-0.1, -0.05) is 60.7 Å². The van der Waals surface area contributed by atoms with Crippen LogP contribution in [0.4, 0.5) is 0 Å². The molecule has 0 aliphatic carbocycles. The number of ether oxygens (including phenoxy) is 1. The summed E-state index contributed by atoms with van der Waals surface area (Å²) < 4.78 is 5.31. The van der Waals surface area contributed by atoms with Crippen molar-refractivity contribution in [2.75, 3.05) is 40.3 Å². The van der Waals surface area contributed by atoms with Crippen LogP contribution in [0.3, 0.4) is 0 Å². The number of hydrogen-bond donors (Lipinski definition) is 2. The Morgan fingerprint density at radius 3 is 2.14 bits per heavy atom. The predicted molar refractivity (Wildman–Crippen MR) is 141 cm³/mol. The van der Waals surface area contributed by atoms with Crippen molar-refractivity contribution < 1.29 is 19.7 Å². The van der Waals surface area contributed by atoms with E-state index in [9.17, 15) is 15.0 Å². The molecule has 6 nitrogen and oxygen atoms in total. The SMILES string of the molecule is COc1ccc(C(CN(C)C(=O)c2ccccc2)C(O)CN2CCC(O)(c3ccccc3)CC2)cc1. The van der Waals surface area contributed by atoms with Gasteiger partial charge in [0.2, 0.25) is 0 Å². The van der Waals surface area contributed by atoms with Crippen molar-refractivity contribution >= 4 is 5.91 Å². The summed E-state index contributed by atoms with van der Waals surface area (Å²) in [4.78, 5) is 16.9. The fraction of sp³-hybridized carbons (Fsp3) is 0.367. The van der Waals surface area contributed by atoms with Crippen molar-refractivity contribution in [1.29, 1.82) is 0 Å². The Kier molecular flexibility index (Phi) is 8.41. The van der Waals surface area contributed by atoms with Crippen LogP contribution in [-0.4, -0.2) is 72.4 Å². The number of nitrogens with zero attached hydrogens (tertiary/aromatic N) is 2. The van der Waals surface area contributed by atoms with Gasteiger partial charge in [0.05, 0.1) is 18.8 Å². The average molecular weight is 489 g/mol. The van der Waals surface area contributed by atoms with Crippen LogP contribution in [0.15, 0.2) is 84.9 Å². The molecule has 0 bridgehead atoms. The van der Waals surface area contributed by atoms with Gasteiger partial charge < -0.3 is 24.7 Å². The second-order valence-electron chi connectivity index (χ2n) is 9.70. The highest BCUT2D eigenvalue weighted by Crippen LogP contribution is 2.33. The number of likely N-dealkylation sites (N-methyl/N-ethyl adjacent to an activating group) is 1. The van der Waals surface area contributed by atoms with Crippen LogP contribution in [0.1, 0.15) is 40.2 Å². The molecule has 2 N–H and O–H groups in total. The Labute approximate surface area is 213 Å². The van der Waals surface area contributed by atoms with E-state index in [2.05, 4.69) is 4.90 Å². The molecule has 0 aromatic heterocycles. The van der Waals surface area contributed by atoms with Gasteiger partial charge in [0.15, 0.2) is 0 Å². The third kappa shape index (κ3) is 6.13. The lowest BCUT2D eigenvalue weighted by Gasteiger charge is -2.40. The van der Waals surface area contributed by atoms with E-state index in [0.717, 1.165) is 16.9 Å². The molecule has 3 aromatic carbocycles. The van der Waals surface area contributed by atoms with Gasteiger partial charge in [-0.3, -0.25) is 4.79 Å². The van der Waals surface area contributed by atoms with Crippen LogP contribution in [0.5, 0.6) is 5.75 Å². The van der Waals surface area contributed by atoms with Gasteiger partial charge in [-0.2, -0.15) is 0 Å². The third-order valence-electron chi connectivity index (χ3n) is 7.29. The van der Waals surface area contributed by atoms with Crippen LogP contribution < -0.4 is 4.74 Å². The Bertz CT molecular complexity index is 1100. The van der Waals surface area contributed by atoms with Crippen molar-refractivity contribution in [3.8, 4) is 5.75 Å². The number of amides is 1. The highest BCUT2D eigenvalue weighted by molar-refractivity contribution is 5.94. The molecule has 1 amide bonds. The number of aliphatic hydroxyl groups is 2. The Morgan fingerprint density at radius 2 is 1.56 bits per heavy atom. The monoisotopic (exact) mass is 488 g/mol. The first-order chi connectivity index (χ1) is 17.4. The molecular weight excluding hydrogens is 452 g/mol. The van der Waals surface area contributed by atoms with Crippen molar-refractivity contribution in [1.82, 2.24) is 9.80 Å². The first kappa shape index (κ1) is 25.9.